The maximum Gasteiger partial charge on any atom is 0.147 e. The molecule has 0 aliphatic rings. The molecule has 0 bridgehead atoms. The van der Waals surface area contributed by atoms with Gasteiger partial charge in [0.05, 0.1) is 5.69 Å². The van der Waals surface area contributed by atoms with E-state index in [0.29, 0.717) is 0 Å². The third kappa shape index (κ3) is 2.18. The Morgan fingerprint density at radius 3 is 2.73 bits per heavy atom. The molecule has 11 heavy (non-hydrogen) atoms. The zero-order chi connectivity index (χ0) is 8.10. The maximum absolute atomic E-state index is 4.14. The zero-order valence-corrected chi connectivity index (χ0v) is 6.96. The van der Waals surface area contributed by atoms with Gasteiger partial charge in [0.2, 0.25) is 0 Å². The highest BCUT2D eigenvalue weighted by molar-refractivity contribution is 5.37. The minimum Gasteiger partial charge on any atom is -0.369 e. The summed E-state index contributed by atoms with van der Waals surface area (Å²) in [6.07, 6.45) is 4.51. The molecule has 3 heteroatoms. The molecule has 0 atom stereocenters. The van der Waals surface area contributed by atoms with Crippen LogP contribution in [0, 0.1) is 6.92 Å². The highest BCUT2D eigenvalue weighted by Gasteiger charge is 1.95. The van der Waals surface area contributed by atoms with Crippen LogP contribution in [-0.4, -0.2) is 16.5 Å². The average Bonchev–Trinajstić information content (AvgIpc) is 2.03. The van der Waals surface area contributed by atoms with E-state index in [1.54, 1.807) is 12.4 Å². The van der Waals surface area contributed by atoms with E-state index in [9.17, 15) is 0 Å². The van der Waals surface area contributed by atoms with Crippen LogP contribution in [0.1, 0.15) is 19.0 Å². The molecule has 1 aromatic heterocycles. The molecule has 0 radical (unpaired) electrons. The standard InChI is InChI=1S/C8H13N3/c1-3-4-10-8-7(2)9-5-6-11-8/h5-6H,3-4H2,1-2H3,(H,10,11). The molecule has 60 valence electrons. The first-order chi connectivity index (χ1) is 5.34. The highest BCUT2D eigenvalue weighted by Crippen LogP contribution is 2.04. The van der Waals surface area contributed by atoms with Crippen LogP contribution in [0.2, 0.25) is 0 Å². The molecule has 3 nitrogen and oxygen atoms in total. The lowest BCUT2D eigenvalue weighted by atomic mass is 10.4. The van der Waals surface area contributed by atoms with Crippen LogP contribution >= 0.6 is 0 Å². The molecule has 0 fully saturated rings. The number of nitrogens with zero attached hydrogens (tertiary/aromatic N) is 2. The SMILES string of the molecule is CCCNc1nccnc1C. The molecule has 0 spiro atoms. The van der Waals surface area contributed by atoms with Gasteiger partial charge >= 0.3 is 0 Å². The number of aromatic nitrogens is 2. The smallest absolute Gasteiger partial charge is 0.147 e. The second-order valence-electron chi connectivity index (χ2n) is 2.42. The summed E-state index contributed by atoms with van der Waals surface area (Å²) < 4.78 is 0. The van der Waals surface area contributed by atoms with Crippen molar-refractivity contribution in [1.82, 2.24) is 9.97 Å². The summed E-state index contributed by atoms with van der Waals surface area (Å²) in [5.74, 6) is 0.898. The van der Waals surface area contributed by atoms with Crippen molar-refractivity contribution in [1.29, 1.82) is 0 Å². The summed E-state index contributed by atoms with van der Waals surface area (Å²) in [5.41, 5.74) is 0.959. The van der Waals surface area contributed by atoms with Gasteiger partial charge in [-0.15, -0.1) is 0 Å². The van der Waals surface area contributed by atoms with Crippen LogP contribution < -0.4 is 5.32 Å². The first-order valence-corrected chi connectivity index (χ1v) is 3.86. The van der Waals surface area contributed by atoms with E-state index in [1.165, 1.54) is 0 Å². The summed E-state index contributed by atoms with van der Waals surface area (Å²) in [6.45, 7) is 5.03. The molecule has 0 saturated heterocycles. The summed E-state index contributed by atoms with van der Waals surface area (Å²) >= 11 is 0. The van der Waals surface area contributed by atoms with Gasteiger partial charge in [-0.2, -0.15) is 0 Å². The molecular weight excluding hydrogens is 138 g/mol. The molecule has 0 aliphatic carbocycles. The van der Waals surface area contributed by atoms with Crippen LogP contribution in [0.15, 0.2) is 12.4 Å². The van der Waals surface area contributed by atoms with E-state index in [0.717, 1.165) is 24.5 Å². The van der Waals surface area contributed by atoms with Crippen LogP contribution in [0.3, 0.4) is 0 Å². The van der Waals surface area contributed by atoms with Gasteiger partial charge in [-0.05, 0) is 13.3 Å². The fourth-order valence-corrected chi connectivity index (χ4v) is 0.825. The van der Waals surface area contributed by atoms with Crippen molar-refractivity contribution >= 4 is 5.82 Å². The lowest BCUT2D eigenvalue weighted by Crippen LogP contribution is -2.04. The Balaban J connectivity index is 2.62. The molecule has 0 amide bonds. The van der Waals surface area contributed by atoms with Crippen LogP contribution in [-0.2, 0) is 0 Å². The number of hydrogen-bond donors (Lipinski definition) is 1. The quantitative estimate of drug-likeness (QED) is 0.713. The second-order valence-corrected chi connectivity index (χ2v) is 2.42. The molecule has 1 heterocycles. The Bertz CT molecular complexity index is 222. The van der Waals surface area contributed by atoms with Gasteiger partial charge in [0.25, 0.3) is 0 Å². The molecule has 0 saturated carbocycles. The van der Waals surface area contributed by atoms with E-state index in [4.69, 9.17) is 0 Å². The predicted octanol–water partition coefficient (Wildman–Crippen LogP) is 1.61. The first kappa shape index (κ1) is 7.98. The lowest BCUT2D eigenvalue weighted by molar-refractivity contribution is 0.956. The zero-order valence-electron chi connectivity index (χ0n) is 6.96. The van der Waals surface area contributed by atoms with Crippen LogP contribution in [0.5, 0.6) is 0 Å². The number of nitrogens with one attached hydrogen (secondary N) is 1. The Hall–Kier alpha value is -1.12. The van der Waals surface area contributed by atoms with E-state index in [1.807, 2.05) is 6.92 Å². The average molecular weight is 151 g/mol. The van der Waals surface area contributed by atoms with Gasteiger partial charge in [-0.1, -0.05) is 6.92 Å². The fourth-order valence-electron chi connectivity index (χ4n) is 0.825. The van der Waals surface area contributed by atoms with Gasteiger partial charge in [0.1, 0.15) is 5.82 Å². The van der Waals surface area contributed by atoms with Crippen molar-refractivity contribution in [2.45, 2.75) is 20.3 Å². The van der Waals surface area contributed by atoms with Crippen molar-refractivity contribution in [2.24, 2.45) is 0 Å². The Morgan fingerprint density at radius 1 is 1.36 bits per heavy atom. The minimum atomic E-state index is 0.898. The molecule has 0 aliphatic heterocycles. The normalized spacial score (nSPS) is 9.64. The van der Waals surface area contributed by atoms with Gasteiger partial charge in [-0.25, -0.2) is 4.98 Å². The van der Waals surface area contributed by atoms with Gasteiger partial charge in [0, 0.05) is 18.9 Å². The lowest BCUT2D eigenvalue weighted by Gasteiger charge is -2.04. The largest absolute Gasteiger partial charge is 0.369 e. The Morgan fingerprint density at radius 2 is 2.09 bits per heavy atom. The van der Waals surface area contributed by atoms with Crippen molar-refractivity contribution in [3.8, 4) is 0 Å². The monoisotopic (exact) mass is 151 g/mol. The Kier molecular flexibility index (Phi) is 2.83. The number of hydrogen-bond acceptors (Lipinski definition) is 3. The molecule has 1 rings (SSSR count). The van der Waals surface area contributed by atoms with Crippen molar-refractivity contribution < 1.29 is 0 Å². The van der Waals surface area contributed by atoms with Crippen molar-refractivity contribution in [2.75, 3.05) is 11.9 Å². The minimum absolute atomic E-state index is 0.898. The summed E-state index contributed by atoms with van der Waals surface area (Å²) in [5, 5.41) is 3.19. The predicted molar refractivity (Wildman–Crippen MR) is 45.5 cm³/mol. The van der Waals surface area contributed by atoms with E-state index in [-0.39, 0.29) is 0 Å². The molecular formula is C8H13N3. The molecule has 1 aromatic rings. The van der Waals surface area contributed by atoms with Crippen molar-refractivity contribution in [3.63, 3.8) is 0 Å². The molecule has 1 N–H and O–H groups in total. The number of rotatable bonds is 3. The number of aryl methyl sites for hydroxylation is 1. The third-order valence-corrected chi connectivity index (χ3v) is 1.42. The maximum atomic E-state index is 4.14. The number of anilines is 1. The molecule has 0 unspecified atom stereocenters. The topological polar surface area (TPSA) is 37.8 Å². The molecule has 0 aromatic carbocycles. The van der Waals surface area contributed by atoms with E-state index < -0.39 is 0 Å². The van der Waals surface area contributed by atoms with Gasteiger partial charge in [-0.3, -0.25) is 4.98 Å². The van der Waals surface area contributed by atoms with Gasteiger partial charge in [0.15, 0.2) is 0 Å². The summed E-state index contributed by atoms with van der Waals surface area (Å²) in [4.78, 5) is 8.25. The van der Waals surface area contributed by atoms with Gasteiger partial charge < -0.3 is 5.32 Å². The second kappa shape index (κ2) is 3.91. The first-order valence-electron chi connectivity index (χ1n) is 3.86. The highest BCUT2D eigenvalue weighted by atomic mass is 15.0. The third-order valence-electron chi connectivity index (χ3n) is 1.42. The van der Waals surface area contributed by atoms with Crippen LogP contribution in [0.4, 0.5) is 5.82 Å². The van der Waals surface area contributed by atoms with E-state index >= 15 is 0 Å². The van der Waals surface area contributed by atoms with Crippen LogP contribution in [0.25, 0.3) is 0 Å². The van der Waals surface area contributed by atoms with E-state index in [2.05, 4.69) is 22.2 Å². The summed E-state index contributed by atoms with van der Waals surface area (Å²) in [6, 6.07) is 0. The van der Waals surface area contributed by atoms with Crippen molar-refractivity contribution in [3.05, 3.63) is 18.1 Å². The Labute approximate surface area is 66.9 Å². The fraction of sp³-hybridized carbons (Fsp3) is 0.500. The summed E-state index contributed by atoms with van der Waals surface area (Å²) in [7, 11) is 0.